The van der Waals surface area contributed by atoms with Gasteiger partial charge >= 0.3 is 5.97 Å². The van der Waals surface area contributed by atoms with E-state index < -0.39 is 15.8 Å². The van der Waals surface area contributed by atoms with E-state index in [4.69, 9.17) is 4.74 Å². The number of hydrogen-bond acceptors (Lipinski definition) is 4. The second-order valence-corrected chi connectivity index (χ2v) is 8.33. The van der Waals surface area contributed by atoms with E-state index in [0.717, 1.165) is 12.8 Å². The molecular formula is C17H20O5S. The maximum atomic E-state index is 12.2. The van der Waals surface area contributed by atoms with Crippen molar-refractivity contribution >= 4 is 21.4 Å². The van der Waals surface area contributed by atoms with Gasteiger partial charge in [0.2, 0.25) is 0 Å². The van der Waals surface area contributed by atoms with Gasteiger partial charge in [-0.1, -0.05) is 18.2 Å². The topological polar surface area (TPSA) is 80.7 Å². The van der Waals surface area contributed by atoms with E-state index >= 15 is 0 Å². The van der Waals surface area contributed by atoms with Crippen molar-refractivity contribution in [3.8, 4) is 0 Å². The Morgan fingerprint density at radius 3 is 2.22 bits per heavy atom. The summed E-state index contributed by atoms with van der Waals surface area (Å²) in [6, 6.07) is 6.22. The molecule has 0 unspecified atom stereocenters. The van der Waals surface area contributed by atoms with Gasteiger partial charge in [-0.2, -0.15) is 0 Å². The number of allylic oxidation sites excluding steroid dienone is 1. The summed E-state index contributed by atoms with van der Waals surface area (Å²) in [5, 5.41) is 9.21. The fourth-order valence-corrected chi connectivity index (χ4v) is 4.46. The SMILES string of the molecule is O=C(O)/C(=C/C1CCOCC1)c1ccc(S(=O)(=O)C2CC2)cc1. The van der Waals surface area contributed by atoms with Gasteiger partial charge in [0.1, 0.15) is 0 Å². The Balaban J connectivity index is 1.85. The lowest BCUT2D eigenvalue weighted by molar-refractivity contribution is -0.130. The number of aliphatic carboxylic acids is 1. The number of carbonyl (C=O) groups is 1. The predicted molar refractivity (Wildman–Crippen MR) is 85.8 cm³/mol. The van der Waals surface area contributed by atoms with Crippen LogP contribution in [0, 0.1) is 5.92 Å². The van der Waals surface area contributed by atoms with Crippen molar-refractivity contribution in [3.63, 3.8) is 0 Å². The maximum Gasteiger partial charge on any atom is 0.335 e. The van der Waals surface area contributed by atoms with Crippen molar-refractivity contribution in [2.24, 2.45) is 5.92 Å². The van der Waals surface area contributed by atoms with Gasteiger partial charge in [0, 0.05) is 13.2 Å². The number of benzene rings is 1. The minimum Gasteiger partial charge on any atom is -0.478 e. The van der Waals surface area contributed by atoms with E-state index in [1.165, 1.54) is 12.1 Å². The highest BCUT2D eigenvalue weighted by molar-refractivity contribution is 7.92. The van der Waals surface area contributed by atoms with Crippen LogP contribution in [0.15, 0.2) is 35.2 Å². The third-order valence-electron chi connectivity index (χ3n) is 4.36. The van der Waals surface area contributed by atoms with Gasteiger partial charge in [-0.15, -0.1) is 0 Å². The van der Waals surface area contributed by atoms with Crippen LogP contribution in [0.25, 0.3) is 5.57 Å². The molecule has 0 bridgehead atoms. The van der Waals surface area contributed by atoms with Crippen molar-refractivity contribution in [2.45, 2.75) is 35.8 Å². The van der Waals surface area contributed by atoms with Crippen LogP contribution in [0.4, 0.5) is 0 Å². The van der Waals surface area contributed by atoms with E-state index in [-0.39, 0.29) is 21.6 Å². The molecule has 1 heterocycles. The van der Waals surface area contributed by atoms with E-state index in [1.807, 2.05) is 0 Å². The fourth-order valence-electron chi connectivity index (χ4n) is 2.80. The van der Waals surface area contributed by atoms with Gasteiger partial charge in [-0.05, 0) is 49.3 Å². The van der Waals surface area contributed by atoms with Crippen molar-refractivity contribution < 1.29 is 23.1 Å². The molecule has 6 heteroatoms. The van der Waals surface area contributed by atoms with Crippen molar-refractivity contribution in [1.29, 1.82) is 0 Å². The van der Waals surface area contributed by atoms with Crippen LogP contribution in [-0.4, -0.2) is 38.0 Å². The monoisotopic (exact) mass is 336 g/mol. The Morgan fingerprint density at radius 2 is 1.70 bits per heavy atom. The highest BCUT2D eigenvalue weighted by Crippen LogP contribution is 2.34. The molecule has 5 nitrogen and oxygen atoms in total. The molecule has 3 rings (SSSR count). The molecule has 124 valence electrons. The first-order chi connectivity index (χ1) is 11.0. The highest BCUT2D eigenvalue weighted by atomic mass is 32.2. The Hall–Kier alpha value is -1.66. The molecule has 1 saturated carbocycles. The summed E-state index contributed by atoms with van der Waals surface area (Å²) in [6.45, 7) is 1.29. The van der Waals surface area contributed by atoms with E-state index in [2.05, 4.69) is 0 Å². The Kier molecular flexibility index (Phi) is 4.55. The Morgan fingerprint density at radius 1 is 1.09 bits per heavy atom. The number of rotatable bonds is 5. The molecule has 0 spiro atoms. The number of carboxylic acid groups (broad SMARTS) is 1. The quantitative estimate of drug-likeness (QED) is 0.836. The standard InChI is InChI=1S/C17H20O5S/c18-17(19)16(11-12-7-9-22-10-8-12)13-1-3-14(4-2-13)23(20,21)15-5-6-15/h1-4,11-12,15H,5-10H2,(H,18,19)/b16-11+. The minimum atomic E-state index is -3.24. The van der Waals surface area contributed by atoms with Gasteiger partial charge in [0.15, 0.2) is 9.84 Å². The number of carboxylic acids is 1. The summed E-state index contributed by atoms with van der Waals surface area (Å²) in [6.07, 6.45) is 4.83. The summed E-state index contributed by atoms with van der Waals surface area (Å²) in [5.74, 6) is -0.806. The molecule has 1 aromatic carbocycles. The van der Waals surface area contributed by atoms with Crippen LogP contribution in [0.1, 0.15) is 31.2 Å². The zero-order valence-electron chi connectivity index (χ0n) is 12.8. The first-order valence-electron chi connectivity index (χ1n) is 7.85. The summed E-state index contributed by atoms with van der Waals surface area (Å²) < 4.78 is 29.6. The average molecular weight is 336 g/mol. The summed E-state index contributed by atoms with van der Waals surface area (Å²) in [5.41, 5.74) is 0.769. The van der Waals surface area contributed by atoms with Crippen LogP contribution >= 0.6 is 0 Å². The van der Waals surface area contributed by atoms with Gasteiger partial charge in [0.25, 0.3) is 0 Å². The number of ether oxygens (including phenoxy) is 1. The molecule has 1 saturated heterocycles. The lowest BCUT2D eigenvalue weighted by atomic mass is 9.94. The summed E-state index contributed by atoms with van der Waals surface area (Å²) >= 11 is 0. The molecule has 1 N–H and O–H groups in total. The van der Waals surface area contributed by atoms with Crippen LogP contribution < -0.4 is 0 Å². The molecule has 0 radical (unpaired) electrons. The van der Waals surface area contributed by atoms with Gasteiger partial charge in [-0.3, -0.25) is 0 Å². The van der Waals surface area contributed by atoms with E-state index in [9.17, 15) is 18.3 Å². The maximum absolute atomic E-state index is 12.2. The van der Waals surface area contributed by atoms with Crippen molar-refractivity contribution in [2.75, 3.05) is 13.2 Å². The molecule has 23 heavy (non-hydrogen) atoms. The average Bonchev–Trinajstić information content (AvgIpc) is 3.39. The molecule has 1 aromatic rings. The third-order valence-corrected chi connectivity index (χ3v) is 6.63. The van der Waals surface area contributed by atoms with Crippen LogP contribution in [0.2, 0.25) is 0 Å². The lowest BCUT2D eigenvalue weighted by Crippen LogP contribution is -2.15. The molecule has 1 aliphatic carbocycles. The second-order valence-electron chi connectivity index (χ2n) is 6.10. The van der Waals surface area contributed by atoms with Crippen LogP contribution in [0.5, 0.6) is 0 Å². The zero-order valence-corrected chi connectivity index (χ0v) is 13.6. The lowest BCUT2D eigenvalue weighted by Gasteiger charge is -2.19. The highest BCUT2D eigenvalue weighted by Gasteiger charge is 2.36. The molecule has 2 fully saturated rings. The molecular weight excluding hydrogens is 316 g/mol. The fraction of sp³-hybridized carbons (Fsp3) is 0.471. The van der Waals surface area contributed by atoms with Crippen LogP contribution in [0.3, 0.4) is 0 Å². The van der Waals surface area contributed by atoms with Crippen molar-refractivity contribution in [3.05, 3.63) is 35.9 Å². The number of sulfone groups is 1. The third kappa shape index (κ3) is 3.64. The molecule has 0 atom stereocenters. The zero-order chi connectivity index (χ0) is 16.4. The molecule has 2 aliphatic rings. The first kappa shape index (κ1) is 16.2. The van der Waals surface area contributed by atoms with E-state index in [0.29, 0.717) is 31.6 Å². The Labute approximate surface area is 135 Å². The van der Waals surface area contributed by atoms with Gasteiger partial charge in [0.05, 0.1) is 15.7 Å². The van der Waals surface area contributed by atoms with E-state index in [1.54, 1.807) is 18.2 Å². The Bertz CT molecular complexity index is 708. The summed E-state index contributed by atoms with van der Waals surface area (Å²) in [4.78, 5) is 11.8. The summed E-state index contributed by atoms with van der Waals surface area (Å²) in [7, 11) is -3.24. The largest absolute Gasteiger partial charge is 0.478 e. The molecule has 1 aliphatic heterocycles. The molecule has 0 amide bonds. The normalized spacial score (nSPS) is 20.4. The second kappa shape index (κ2) is 6.45. The van der Waals surface area contributed by atoms with Gasteiger partial charge in [-0.25, -0.2) is 13.2 Å². The predicted octanol–water partition coefficient (Wildman–Crippen LogP) is 2.52. The van der Waals surface area contributed by atoms with Crippen molar-refractivity contribution in [1.82, 2.24) is 0 Å². The first-order valence-corrected chi connectivity index (χ1v) is 9.40. The van der Waals surface area contributed by atoms with Crippen LogP contribution in [-0.2, 0) is 19.4 Å². The minimum absolute atomic E-state index is 0.185. The molecule has 0 aromatic heterocycles. The smallest absolute Gasteiger partial charge is 0.335 e. The van der Waals surface area contributed by atoms with Gasteiger partial charge < -0.3 is 9.84 Å². The number of hydrogen-bond donors (Lipinski definition) is 1.